The minimum absolute atomic E-state index is 0.0334. The second-order valence-corrected chi connectivity index (χ2v) is 9.55. The average Bonchev–Trinajstić information content (AvgIpc) is 3.00. The number of anilines is 1. The van der Waals surface area contributed by atoms with Crippen LogP contribution in [0.15, 0.2) is 46.7 Å². The molecule has 0 heterocycles. The predicted octanol–water partition coefficient (Wildman–Crippen LogP) is 2.89. The zero-order chi connectivity index (χ0) is 18.9. The van der Waals surface area contributed by atoms with Gasteiger partial charge in [0.25, 0.3) is 10.0 Å². The van der Waals surface area contributed by atoms with E-state index in [1.54, 1.807) is 30.3 Å². The first-order chi connectivity index (χ1) is 12.1. The summed E-state index contributed by atoms with van der Waals surface area (Å²) in [7, 11) is -7.99. The van der Waals surface area contributed by atoms with Gasteiger partial charge in [0.05, 0.1) is 11.1 Å². The minimum atomic E-state index is -4.07. The first-order valence-corrected chi connectivity index (χ1v) is 11.3. The Labute approximate surface area is 157 Å². The molecule has 26 heavy (non-hydrogen) atoms. The van der Waals surface area contributed by atoms with Crippen LogP contribution in [0.3, 0.4) is 0 Å². The van der Waals surface area contributed by atoms with Crippen LogP contribution >= 0.6 is 11.6 Å². The first-order valence-electron chi connectivity index (χ1n) is 7.79. The van der Waals surface area contributed by atoms with Gasteiger partial charge in [0.1, 0.15) is 4.90 Å². The van der Waals surface area contributed by atoms with Crippen molar-refractivity contribution in [3.8, 4) is 0 Å². The fraction of sp³-hybridized carbons (Fsp3) is 0.176. The zero-order valence-electron chi connectivity index (χ0n) is 13.6. The van der Waals surface area contributed by atoms with Crippen LogP contribution in [0.5, 0.6) is 0 Å². The van der Waals surface area contributed by atoms with E-state index >= 15 is 0 Å². The number of primary sulfonamides is 1. The van der Waals surface area contributed by atoms with Crippen molar-refractivity contribution in [1.29, 1.82) is 0 Å². The lowest BCUT2D eigenvalue weighted by atomic mass is 10.1. The molecular formula is C17H17ClN2O4S2. The van der Waals surface area contributed by atoms with E-state index in [9.17, 15) is 16.8 Å². The van der Waals surface area contributed by atoms with Crippen LogP contribution in [0.1, 0.15) is 23.1 Å². The van der Waals surface area contributed by atoms with E-state index < -0.39 is 20.0 Å². The molecule has 0 saturated carbocycles. The van der Waals surface area contributed by atoms with E-state index in [-0.39, 0.29) is 10.6 Å². The van der Waals surface area contributed by atoms with Crippen molar-refractivity contribution in [1.82, 2.24) is 0 Å². The average molecular weight is 413 g/mol. The van der Waals surface area contributed by atoms with Crippen molar-refractivity contribution in [3.05, 3.63) is 63.5 Å². The summed E-state index contributed by atoms with van der Waals surface area (Å²) < 4.78 is 50.8. The molecule has 0 spiro atoms. The van der Waals surface area contributed by atoms with Crippen LogP contribution in [0.4, 0.5) is 5.69 Å². The molecule has 1 aliphatic rings. The largest absolute Gasteiger partial charge is 0.279 e. The van der Waals surface area contributed by atoms with E-state index in [0.717, 1.165) is 35.8 Å². The number of fused-ring (bicyclic) bond motifs is 1. The zero-order valence-corrected chi connectivity index (χ0v) is 16.0. The maximum Gasteiger partial charge on any atom is 0.255 e. The van der Waals surface area contributed by atoms with Gasteiger partial charge in [-0.15, -0.1) is 0 Å². The molecule has 2 aromatic carbocycles. The molecule has 0 radical (unpaired) electrons. The summed E-state index contributed by atoms with van der Waals surface area (Å²) in [6, 6.07) is 9.62. The molecule has 138 valence electrons. The van der Waals surface area contributed by atoms with E-state index in [1.807, 2.05) is 0 Å². The molecule has 3 rings (SSSR count). The number of nitrogens with one attached hydrogen (secondary N) is 1. The Morgan fingerprint density at radius 2 is 1.62 bits per heavy atom. The molecule has 3 N–H and O–H groups in total. The maximum atomic E-state index is 12.4. The molecule has 2 aromatic rings. The van der Waals surface area contributed by atoms with Gasteiger partial charge >= 0.3 is 0 Å². The Hall–Kier alpha value is -1.87. The van der Waals surface area contributed by atoms with Crippen LogP contribution in [-0.2, 0) is 32.9 Å². The van der Waals surface area contributed by atoms with Crippen LogP contribution in [0.25, 0.3) is 6.08 Å². The van der Waals surface area contributed by atoms with E-state index in [1.165, 1.54) is 12.1 Å². The third-order valence-electron chi connectivity index (χ3n) is 4.06. The monoisotopic (exact) mass is 412 g/mol. The summed E-state index contributed by atoms with van der Waals surface area (Å²) in [6.07, 6.45) is 3.81. The lowest BCUT2D eigenvalue weighted by Crippen LogP contribution is -2.18. The smallest absolute Gasteiger partial charge is 0.255 e. The normalized spacial score (nSPS) is 14.5. The van der Waals surface area contributed by atoms with Crippen LogP contribution in [0, 0.1) is 0 Å². The van der Waals surface area contributed by atoms with Gasteiger partial charge in [0, 0.05) is 5.02 Å². The lowest BCUT2D eigenvalue weighted by Gasteiger charge is -2.12. The molecule has 0 aromatic heterocycles. The molecule has 0 saturated heterocycles. The molecule has 1 aliphatic carbocycles. The second kappa shape index (κ2) is 7.03. The quantitative estimate of drug-likeness (QED) is 0.787. The van der Waals surface area contributed by atoms with Crippen molar-refractivity contribution < 1.29 is 16.8 Å². The van der Waals surface area contributed by atoms with Crippen LogP contribution < -0.4 is 9.86 Å². The SMILES string of the molecule is NS(=O)(=O)c1cc2c(cc1NS(=O)(=O)C=Cc1ccc(Cl)cc1)CCC2. The molecule has 0 amide bonds. The minimum Gasteiger partial charge on any atom is -0.279 e. The number of halogens is 1. The highest BCUT2D eigenvalue weighted by molar-refractivity contribution is 7.95. The number of nitrogens with two attached hydrogens (primary N) is 1. The van der Waals surface area contributed by atoms with Crippen molar-refractivity contribution >= 4 is 43.4 Å². The second-order valence-electron chi connectivity index (χ2n) is 6.02. The highest BCUT2D eigenvalue weighted by atomic mass is 35.5. The van der Waals surface area contributed by atoms with Crippen LogP contribution in [0.2, 0.25) is 5.02 Å². The summed E-state index contributed by atoms with van der Waals surface area (Å²) >= 11 is 5.79. The van der Waals surface area contributed by atoms with Gasteiger partial charge in [-0.25, -0.2) is 22.0 Å². The Morgan fingerprint density at radius 1 is 1.00 bits per heavy atom. The number of sulfonamides is 2. The fourth-order valence-corrected chi connectivity index (χ4v) is 4.64. The molecule has 0 bridgehead atoms. The van der Waals surface area contributed by atoms with Gasteiger partial charge in [0.15, 0.2) is 0 Å². The van der Waals surface area contributed by atoms with Gasteiger partial charge in [-0.1, -0.05) is 23.7 Å². The Kier molecular flexibility index (Phi) is 5.12. The van der Waals surface area contributed by atoms with E-state index in [2.05, 4.69) is 4.72 Å². The summed E-state index contributed by atoms with van der Waals surface area (Å²) in [5.41, 5.74) is 2.42. The van der Waals surface area contributed by atoms with Crippen LogP contribution in [-0.4, -0.2) is 16.8 Å². The Morgan fingerprint density at radius 3 is 2.23 bits per heavy atom. The van der Waals surface area contributed by atoms with Gasteiger partial charge in [-0.05, 0) is 66.3 Å². The topological polar surface area (TPSA) is 106 Å². The molecule has 0 unspecified atom stereocenters. The van der Waals surface area contributed by atoms with E-state index in [4.69, 9.17) is 16.7 Å². The predicted molar refractivity (Wildman–Crippen MR) is 103 cm³/mol. The Bertz CT molecular complexity index is 1080. The highest BCUT2D eigenvalue weighted by Crippen LogP contribution is 2.31. The summed E-state index contributed by atoms with van der Waals surface area (Å²) in [5.74, 6) is 0. The third kappa shape index (κ3) is 4.45. The molecule has 0 fully saturated rings. The first kappa shape index (κ1) is 18.9. The summed E-state index contributed by atoms with van der Waals surface area (Å²) in [4.78, 5) is -0.221. The molecule has 0 aliphatic heterocycles. The molecular weight excluding hydrogens is 396 g/mol. The van der Waals surface area contributed by atoms with Gasteiger partial charge in [-0.3, -0.25) is 4.72 Å². The van der Waals surface area contributed by atoms with Crippen molar-refractivity contribution in [2.45, 2.75) is 24.2 Å². The number of rotatable bonds is 5. The molecule has 9 heteroatoms. The van der Waals surface area contributed by atoms with Gasteiger partial charge < -0.3 is 0 Å². The fourth-order valence-electron chi connectivity index (χ4n) is 2.85. The van der Waals surface area contributed by atoms with Gasteiger partial charge in [0.2, 0.25) is 10.0 Å². The van der Waals surface area contributed by atoms with Gasteiger partial charge in [-0.2, -0.15) is 0 Å². The number of aryl methyl sites for hydroxylation is 2. The highest BCUT2D eigenvalue weighted by Gasteiger charge is 2.22. The number of hydrogen-bond donors (Lipinski definition) is 2. The van der Waals surface area contributed by atoms with Crippen molar-refractivity contribution in [3.63, 3.8) is 0 Å². The van der Waals surface area contributed by atoms with Crippen molar-refractivity contribution in [2.75, 3.05) is 4.72 Å². The standard InChI is InChI=1S/C17H17ClN2O4S2/c18-15-6-4-12(5-7-15)8-9-25(21,22)20-16-10-13-2-1-3-14(13)11-17(16)26(19,23)24/h4-11,20H,1-3H2,(H2,19,23,24). The maximum absolute atomic E-state index is 12.4. The van der Waals surface area contributed by atoms with E-state index in [0.29, 0.717) is 10.6 Å². The number of benzene rings is 2. The molecule has 0 atom stereocenters. The summed E-state index contributed by atoms with van der Waals surface area (Å²) in [6.45, 7) is 0. The number of hydrogen-bond acceptors (Lipinski definition) is 4. The Balaban J connectivity index is 1.93. The summed E-state index contributed by atoms with van der Waals surface area (Å²) in [5, 5.41) is 6.77. The third-order valence-corrected chi connectivity index (χ3v) is 6.26. The lowest BCUT2D eigenvalue weighted by molar-refractivity contribution is 0.598. The van der Waals surface area contributed by atoms with Crippen molar-refractivity contribution in [2.24, 2.45) is 5.14 Å². The molecule has 6 nitrogen and oxygen atoms in total.